The summed E-state index contributed by atoms with van der Waals surface area (Å²) in [7, 11) is 0. The Morgan fingerprint density at radius 1 is 1.17 bits per heavy atom. The third-order valence-corrected chi connectivity index (χ3v) is 5.60. The lowest BCUT2D eigenvalue weighted by Gasteiger charge is -2.20. The van der Waals surface area contributed by atoms with Crippen molar-refractivity contribution < 1.29 is 37.3 Å². The molecule has 192 valence electrons. The number of carbonyl (C=O) groups excluding carboxylic acids is 2. The van der Waals surface area contributed by atoms with Gasteiger partial charge in [0.05, 0.1) is 23.3 Å². The van der Waals surface area contributed by atoms with E-state index in [1.54, 1.807) is 30.3 Å². The van der Waals surface area contributed by atoms with Crippen molar-refractivity contribution in [3.05, 3.63) is 76.1 Å². The van der Waals surface area contributed by atoms with Crippen LogP contribution in [0.3, 0.4) is 0 Å². The SMILES string of the molecule is CCOC(=O)C(C=NCCS)=C(O)c1cc(F)c(C2(NC(=O)OCc3ccccc3)CC2)c(F)c1F. The quantitative estimate of drug-likeness (QED) is 0.104. The molecule has 0 saturated heterocycles. The van der Waals surface area contributed by atoms with Gasteiger partial charge in [0, 0.05) is 18.5 Å². The summed E-state index contributed by atoms with van der Waals surface area (Å²) in [5.74, 6) is -6.19. The highest BCUT2D eigenvalue weighted by molar-refractivity contribution is 7.80. The number of alkyl carbamates (subject to hydrolysis) is 1. The number of thiol groups is 1. The average Bonchev–Trinajstić information content (AvgIpc) is 3.63. The second-order valence-corrected chi connectivity index (χ2v) is 8.37. The number of hydrogen-bond acceptors (Lipinski definition) is 7. The molecule has 0 spiro atoms. The fourth-order valence-electron chi connectivity index (χ4n) is 3.50. The Labute approximate surface area is 211 Å². The Balaban J connectivity index is 1.90. The van der Waals surface area contributed by atoms with Crippen LogP contribution in [-0.4, -0.2) is 42.3 Å². The Kier molecular flexibility index (Phi) is 9.03. The van der Waals surface area contributed by atoms with Gasteiger partial charge in [-0.3, -0.25) is 4.99 Å². The zero-order valence-corrected chi connectivity index (χ0v) is 20.3. The first kappa shape index (κ1) is 27.1. The standard InChI is InChI=1S/C25H25F3N2O5S/c1-2-34-23(32)17(13-29-10-11-36)22(31)16-12-18(26)19(21(28)20(16)27)25(8-9-25)30-24(33)35-14-15-6-4-3-5-7-15/h3-7,12-13,31,36H,2,8-11,14H2,1H3,(H,30,33). The van der Waals surface area contributed by atoms with Gasteiger partial charge >= 0.3 is 12.1 Å². The summed E-state index contributed by atoms with van der Waals surface area (Å²) in [6.07, 6.45) is 0.297. The molecule has 0 bridgehead atoms. The lowest BCUT2D eigenvalue weighted by molar-refractivity contribution is -0.137. The summed E-state index contributed by atoms with van der Waals surface area (Å²) in [6, 6.07) is 9.35. The summed E-state index contributed by atoms with van der Waals surface area (Å²) < 4.78 is 55.3. The van der Waals surface area contributed by atoms with Crippen LogP contribution in [0.1, 0.15) is 36.5 Å². The zero-order chi connectivity index (χ0) is 26.3. The van der Waals surface area contributed by atoms with E-state index in [1.165, 1.54) is 6.92 Å². The molecule has 0 heterocycles. The van der Waals surface area contributed by atoms with Gasteiger partial charge in [0.15, 0.2) is 11.6 Å². The molecule has 2 N–H and O–H groups in total. The smallest absolute Gasteiger partial charge is 0.408 e. The van der Waals surface area contributed by atoms with Crippen molar-refractivity contribution in [3.8, 4) is 0 Å². The van der Waals surface area contributed by atoms with Crippen LogP contribution in [0.25, 0.3) is 5.76 Å². The minimum absolute atomic E-state index is 0.0608. The maximum atomic E-state index is 15.1. The maximum Gasteiger partial charge on any atom is 0.408 e. The van der Waals surface area contributed by atoms with Crippen LogP contribution in [0.5, 0.6) is 0 Å². The van der Waals surface area contributed by atoms with E-state index in [9.17, 15) is 14.7 Å². The number of aliphatic hydroxyl groups excluding tert-OH is 1. The summed E-state index contributed by atoms with van der Waals surface area (Å²) in [5.41, 5.74) is -2.96. The molecule has 7 nitrogen and oxygen atoms in total. The van der Waals surface area contributed by atoms with E-state index in [-0.39, 0.29) is 32.6 Å². The molecule has 2 aromatic rings. The van der Waals surface area contributed by atoms with E-state index in [0.29, 0.717) is 17.4 Å². The van der Waals surface area contributed by atoms with Gasteiger partial charge in [-0.05, 0) is 31.4 Å². The average molecular weight is 523 g/mol. The summed E-state index contributed by atoms with van der Waals surface area (Å²) in [5, 5.41) is 13.0. The van der Waals surface area contributed by atoms with Gasteiger partial charge in [0.1, 0.15) is 23.8 Å². The van der Waals surface area contributed by atoms with E-state index in [0.717, 1.165) is 6.21 Å². The monoisotopic (exact) mass is 522 g/mol. The van der Waals surface area contributed by atoms with Crippen LogP contribution in [0, 0.1) is 17.5 Å². The predicted octanol–water partition coefficient (Wildman–Crippen LogP) is 4.85. The number of carbonyl (C=O) groups is 2. The molecule has 0 aliphatic heterocycles. The minimum atomic E-state index is -1.60. The van der Waals surface area contributed by atoms with Gasteiger partial charge in [-0.2, -0.15) is 12.6 Å². The maximum absolute atomic E-state index is 15.1. The van der Waals surface area contributed by atoms with Crippen molar-refractivity contribution in [1.82, 2.24) is 5.32 Å². The molecule has 0 atom stereocenters. The van der Waals surface area contributed by atoms with Crippen LogP contribution < -0.4 is 5.32 Å². The molecule has 11 heteroatoms. The van der Waals surface area contributed by atoms with E-state index >= 15 is 13.2 Å². The van der Waals surface area contributed by atoms with Crippen LogP contribution in [0.4, 0.5) is 18.0 Å². The molecule has 36 heavy (non-hydrogen) atoms. The molecule has 1 aliphatic carbocycles. The molecular formula is C25H25F3N2O5S. The molecule has 2 aromatic carbocycles. The van der Waals surface area contributed by atoms with Crippen molar-refractivity contribution in [2.75, 3.05) is 18.9 Å². The van der Waals surface area contributed by atoms with Gasteiger partial charge in [0.25, 0.3) is 0 Å². The van der Waals surface area contributed by atoms with E-state index < -0.39 is 57.5 Å². The number of halogens is 3. The second-order valence-electron chi connectivity index (χ2n) is 7.92. The van der Waals surface area contributed by atoms with E-state index in [2.05, 4.69) is 22.9 Å². The van der Waals surface area contributed by atoms with E-state index in [1.807, 2.05) is 0 Å². The van der Waals surface area contributed by atoms with Crippen LogP contribution >= 0.6 is 12.6 Å². The number of ether oxygens (including phenoxy) is 2. The van der Waals surface area contributed by atoms with Gasteiger partial charge in [0.2, 0.25) is 0 Å². The largest absolute Gasteiger partial charge is 0.506 e. The number of aliphatic hydroxyl groups is 1. The normalized spacial score (nSPS) is 14.8. The van der Waals surface area contributed by atoms with Crippen molar-refractivity contribution in [1.29, 1.82) is 0 Å². The number of esters is 1. The number of benzene rings is 2. The van der Waals surface area contributed by atoms with Crippen LogP contribution in [-0.2, 0) is 26.4 Å². The second kappa shape index (κ2) is 12.0. The molecule has 0 unspecified atom stereocenters. The molecule has 3 rings (SSSR count). The van der Waals surface area contributed by atoms with Crippen molar-refractivity contribution in [2.24, 2.45) is 4.99 Å². The van der Waals surface area contributed by atoms with E-state index in [4.69, 9.17) is 9.47 Å². The number of nitrogens with zero attached hydrogens (tertiary/aromatic N) is 1. The summed E-state index contributed by atoms with van der Waals surface area (Å²) in [6.45, 7) is 1.55. The Bertz CT molecular complexity index is 1180. The first-order valence-electron chi connectivity index (χ1n) is 11.1. The third-order valence-electron chi connectivity index (χ3n) is 5.40. The van der Waals surface area contributed by atoms with Crippen molar-refractivity contribution in [2.45, 2.75) is 31.9 Å². The Morgan fingerprint density at radius 3 is 2.47 bits per heavy atom. The van der Waals surface area contributed by atoms with Gasteiger partial charge < -0.3 is 19.9 Å². The highest BCUT2D eigenvalue weighted by atomic mass is 32.1. The van der Waals surface area contributed by atoms with Crippen LogP contribution in [0.15, 0.2) is 47.0 Å². The lowest BCUT2D eigenvalue weighted by Crippen LogP contribution is -2.37. The number of rotatable bonds is 10. The number of aliphatic imine (C=N–C) groups is 1. The molecule has 0 aromatic heterocycles. The summed E-state index contributed by atoms with van der Waals surface area (Å²) in [4.78, 5) is 28.4. The number of nitrogens with one attached hydrogen (secondary N) is 1. The molecule has 0 radical (unpaired) electrons. The highest BCUT2D eigenvalue weighted by Crippen LogP contribution is 2.48. The zero-order valence-electron chi connectivity index (χ0n) is 19.4. The first-order valence-corrected chi connectivity index (χ1v) is 11.8. The topological polar surface area (TPSA) is 97.2 Å². The van der Waals surface area contributed by atoms with Crippen LogP contribution in [0.2, 0.25) is 0 Å². The Hall–Kier alpha value is -3.47. The third kappa shape index (κ3) is 6.20. The number of hydrogen-bond donors (Lipinski definition) is 3. The first-order chi connectivity index (χ1) is 17.2. The minimum Gasteiger partial charge on any atom is -0.506 e. The molecule has 1 fully saturated rings. The highest BCUT2D eigenvalue weighted by Gasteiger charge is 2.51. The fraction of sp³-hybridized carbons (Fsp3) is 0.320. The van der Waals surface area contributed by atoms with Gasteiger partial charge in [-0.25, -0.2) is 22.8 Å². The van der Waals surface area contributed by atoms with Crippen molar-refractivity contribution >= 4 is 36.7 Å². The Morgan fingerprint density at radius 2 is 1.86 bits per heavy atom. The van der Waals surface area contributed by atoms with Gasteiger partial charge in [-0.1, -0.05) is 30.3 Å². The van der Waals surface area contributed by atoms with Gasteiger partial charge in [-0.15, -0.1) is 0 Å². The lowest BCUT2D eigenvalue weighted by atomic mass is 9.98. The van der Waals surface area contributed by atoms with Crippen molar-refractivity contribution in [3.63, 3.8) is 0 Å². The molecule has 1 saturated carbocycles. The predicted molar refractivity (Wildman–Crippen MR) is 130 cm³/mol. The molecule has 1 amide bonds. The molecular weight excluding hydrogens is 497 g/mol. The molecule has 1 aliphatic rings. The number of amides is 1. The fourth-order valence-corrected chi connectivity index (χ4v) is 3.62. The summed E-state index contributed by atoms with van der Waals surface area (Å²) >= 11 is 3.97.